The van der Waals surface area contributed by atoms with Crippen LogP contribution in [0, 0.1) is 51.2 Å². The van der Waals surface area contributed by atoms with Gasteiger partial charge in [0.25, 0.3) is 0 Å². The monoisotopic (exact) mass is 568 g/mol. The van der Waals surface area contributed by atoms with E-state index >= 15 is 0 Å². The second-order valence-electron chi connectivity index (χ2n) is 17.0. The lowest BCUT2D eigenvalue weighted by Gasteiger charge is -2.55. The number of aliphatic carboxylic acids is 1. The van der Waals surface area contributed by atoms with Crippen molar-refractivity contribution < 1.29 is 19.4 Å². The number of carboxylic acids is 1. The van der Waals surface area contributed by atoms with Crippen molar-refractivity contribution in [2.24, 2.45) is 51.2 Å². The van der Waals surface area contributed by atoms with E-state index in [2.05, 4.69) is 46.8 Å². The van der Waals surface area contributed by atoms with Crippen molar-refractivity contribution in [2.75, 3.05) is 0 Å². The first-order valence-electron chi connectivity index (χ1n) is 16.8. The number of esters is 1. The normalized spacial score (nSPS) is 34.2. The van der Waals surface area contributed by atoms with Crippen molar-refractivity contribution in [3.63, 3.8) is 0 Å². The van der Waals surface area contributed by atoms with Gasteiger partial charge in [0.05, 0.1) is 11.8 Å². The fraction of sp³-hybridized carbons (Fsp3) is 0.838. The van der Waals surface area contributed by atoms with E-state index < -0.39 is 16.8 Å². The maximum absolute atomic E-state index is 13.3. The van der Waals surface area contributed by atoms with Crippen LogP contribution < -0.4 is 0 Å². The van der Waals surface area contributed by atoms with Crippen LogP contribution in [0.3, 0.4) is 0 Å². The summed E-state index contributed by atoms with van der Waals surface area (Å²) < 4.78 is 6.16. The largest absolute Gasteiger partial charge is 0.481 e. The number of rotatable bonds is 11. The molecule has 7 atom stereocenters. The summed E-state index contributed by atoms with van der Waals surface area (Å²) >= 11 is 0. The number of carboxylic acid groups (broad SMARTS) is 1. The molecule has 0 aromatic carbocycles. The van der Waals surface area contributed by atoms with Gasteiger partial charge < -0.3 is 9.84 Å². The highest BCUT2D eigenvalue weighted by Crippen LogP contribution is 2.66. The van der Waals surface area contributed by atoms with Gasteiger partial charge in [0.15, 0.2) is 0 Å². The lowest BCUT2D eigenvalue weighted by atomic mass is 9.50. The van der Waals surface area contributed by atoms with E-state index in [0.717, 1.165) is 42.9 Å². The summed E-state index contributed by atoms with van der Waals surface area (Å²) in [6, 6.07) is 0. The van der Waals surface area contributed by atoms with Crippen LogP contribution in [0.5, 0.6) is 0 Å². The molecule has 0 aromatic heterocycles. The van der Waals surface area contributed by atoms with E-state index in [1.807, 2.05) is 27.7 Å². The third-order valence-corrected chi connectivity index (χ3v) is 12.1. The van der Waals surface area contributed by atoms with Gasteiger partial charge in [-0.05, 0) is 105 Å². The van der Waals surface area contributed by atoms with Crippen molar-refractivity contribution in [3.8, 4) is 0 Å². The summed E-state index contributed by atoms with van der Waals surface area (Å²) in [6.45, 7) is 20.0. The fourth-order valence-corrected chi connectivity index (χ4v) is 10.1. The van der Waals surface area contributed by atoms with Gasteiger partial charge in [-0.1, -0.05) is 91.0 Å². The highest BCUT2D eigenvalue weighted by molar-refractivity contribution is 5.76. The Bertz CT molecular complexity index is 1050. The lowest BCUT2D eigenvalue weighted by molar-refractivity contribution is -0.164. The molecule has 3 fully saturated rings. The fourth-order valence-electron chi connectivity index (χ4n) is 10.1. The third-order valence-electron chi connectivity index (χ3n) is 12.1. The van der Waals surface area contributed by atoms with E-state index in [0.29, 0.717) is 17.8 Å². The molecule has 4 aliphatic rings. The van der Waals surface area contributed by atoms with Crippen LogP contribution in [0.1, 0.15) is 139 Å². The van der Waals surface area contributed by atoms with Gasteiger partial charge in [-0.25, -0.2) is 0 Å². The maximum atomic E-state index is 13.3. The molecular formula is C37H60O4. The van der Waals surface area contributed by atoms with E-state index in [4.69, 9.17) is 4.74 Å². The van der Waals surface area contributed by atoms with Crippen LogP contribution in [0.4, 0.5) is 0 Å². The zero-order chi connectivity index (χ0) is 30.4. The van der Waals surface area contributed by atoms with E-state index in [1.54, 1.807) is 5.57 Å². The number of carbonyl (C=O) groups is 2. The molecule has 0 aromatic rings. The average Bonchev–Trinajstić information content (AvgIpc) is 3.19. The Kier molecular flexibility index (Phi) is 9.33. The van der Waals surface area contributed by atoms with Crippen LogP contribution in [0.2, 0.25) is 0 Å². The smallest absolute Gasteiger partial charge is 0.311 e. The molecule has 4 aliphatic carbocycles. The summed E-state index contributed by atoms with van der Waals surface area (Å²) in [7, 11) is 0. The Morgan fingerprint density at radius 2 is 1.68 bits per heavy atom. The molecule has 0 heterocycles. The Morgan fingerprint density at radius 3 is 2.34 bits per heavy atom. The van der Waals surface area contributed by atoms with Crippen molar-refractivity contribution in [1.82, 2.24) is 0 Å². The van der Waals surface area contributed by atoms with Gasteiger partial charge >= 0.3 is 11.9 Å². The zero-order valence-electron chi connectivity index (χ0n) is 27.8. The number of fused-ring (bicyclic) bond motifs is 5. The topological polar surface area (TPSA) is 63.6 Å². The van der Waals surface area contributed by atoms with Crippen molar-refractivity contribution >= 4 is 11.9 Å². The van der Waals surface area contributed by atoms with E-state index in [-0.39, 0.29) is 23.9 Å². The molecule has 0 spiro atoms. The van der Waals surface area contributed by atoms with Crippen LogP contribution in [-0.2, 0) is 14.3 Å². The standard InChI is InChI=1S/C37H60O4/c1-24(2)11-10-12-25(3)29-15-16-30-28-14-13-26-21-27(17-19-36(26,8)31(28)18-20-37(29,30)9)41-33(40)35(6,7)23-34(4,5)22-32(38)39/h13-14,24-25,27,29-31H,10-12,15-23H2,1-9H3,(H,38,39)/t25-,27+,29?,30?,31?,36+,37?/m1/s1. The molecule has 3 saturated carbocycles. The Hall–Kier alpha value is -1.58. The molecule has 0 bridgehead atoms. The van der Waals surface area contributed by atoms with Crippen LogP contribution in [0.15, 0.2) is 23.3 Å². The lowest BCUT2D eigenvalue weighted by Crippen LogP contribution is -2.47. The number of hydrogen-bond donors (Lipinski definition) is 1. The molecule has 4 rings (SSSR count). The molecule has 4 nitrogen and oxygen atoms in total. The van der Waals surface area contributed by atoms with Crippen molar-refractivity contribution in [1.29, 1.82) is 0 Å². The molecule has 4 unspecified atom stereocenters. The third kappa shape index (κ3) is 6.67. The highest BCUT2D eigenvalue weighted by atomic mass is 16.5. The first-order chi connectivity index (χ1) is 19.0. The SMILES string of the molecule is CC(C)CCC[C@@H](C)C1CCC2C3=CC=C4C[C@@H](OC(=O)C(C)(C)CC(C)(C)CC(=O)O)CC[C@]4(C)C3CCC21C. The minimum atomic E-state index is -0.824. The molecule has 0 saturated heterocycles. The molecule has 1 N–H and O–H groups in total. The Morgan fingerprint density at radius 1 is 0.976 bits per heavy atom. The first-order valence-corrected chi connectivity index (χ1v) is 16.8. The maximum Gasteiger partial charge on any atom is 0.311 e. The van der Waals surface area contributed by atoms with Crippen LogP contribution in [0.25, 0.3) is 0 Å². The molecule has 232 valence electrons. The molecule has 0 aliphatic heterocycles. The number of hydrogen-bond acceptors (Lipinski definition) is 3. The summed E-state index contributed by atoms with van der Waals surface area (Å²) in [5, 5.41) is 9.28. The summed E-state index contributed by atoms with van der Waals surface area (Å²) in [4.78, 5) is 24.6. The van der Waals surface area contributed by atoms with Gasteiger partial charge in [-0.2, -0.15) is 0 Å². The van der Waals surface area contributed by atoms with Crippen LogP contribution in [-0.4, -0.2) is 23.1 Å². The first kappa shape index (κ1) is 32.3. The number of allylic oxidation sites excluding steroid dienone is 3. The van der Waals surface area contributed by atoms with Gasteiger partial charge in [0.1, 0.15) is 6.10 Å². The zero-order valence-corrected chi connectivity index (χ0v) is 27.8. The molecule has 0 radical (unpaired) electrons. The number of carbonyl (C=O) groups excluding carboxylic acids is 1. The average molecular weight is 569 g/mol. The van der Waals surface area contributed by atoms with Gasteiger partial charge in [-0.3, -0.25) is 9.59 Å². The predicted molar refractivity (Wildman–Crippen MR) is 167 cm³/mol. The second kappa shape index (κ2) is 11.8. The molecular weight excluding hydrogens is 508 g/mol. The summed E-state index contributed by atoms with van der Waals surface area (Å²) in [5.74, 6) is 2.80. The van der Waals surface area contributed by atoms with E-state index in [9.17, 15) is 14.7 Å². The minimum Gasteiger partial charge on any atom is -0.481 e. The van der Waals surface area contributed by atoms with Crippen LogP contribution >= 0.6 is 0 Å². The van der Waals surface area contributed by atoms with Gasteiger partial charge in [-0.15, -0.1) is 0 Å². The van der Waals surface area contributed by atoms with Gasteiger partial charge in [0.2, 0.25) is 0 Å². The molecule has 41 heavy (non-hydrogen) atoms. The van der Waals surface area contributed by atoms with Gasteiger partial charge in [0, 0.05) is 6.42 Å². The van der Waals surface area contributed by atoms with Crippen molar-refractivity contribution in [3.05, 3.63) is 23.3 Å². The Balaban J connectivity index is 1.43. The molecule has 4 heteroatoms. The predicted octanol–water partition coefficient (Wildman–Crippen LogP) is 9.78. The number of ether oxygens (including phenoxy) is 1. The summed E-state index contributed by atoms with van der Waals surface area (Å²) in [6.07, 6.45) is 17.7. The van der Waals surface area contributed by atoms with Crippen molar-refractivity contribution in [2.45, 2.75) is 145 Å². The molecule has 0 amide bonds. The second-order valence-corrected chi connectivity index (χ2v) is 17.0. The van der Waals surface area contributed by atoms with E-state index in [1.165, 1.54) is 50.5 Å². The quantitative estimate of drug-likeness (QED) is 0.252. The Labute approximate surface area is 251 Å². The minimum absolute atomic E-state index is 0.0479. The highest BCUT2D eigenvalue weighted by Gasteiger charge is 2.57. The summed E-state index contributed by atoms with van der Waals surface area (Å²) in [5.41, 5.74) is 2.64.